The molecule has 0 spiro atoms. The van der Waals surface area contributed by atoms with Crippen molar-refractivity contribution in [2.45, 2.75) is 38.6 Å². The molecule has 0 aromatic carbocycles. The van der Waals surface area contributed by atoms with E-state index in [0.29, 0.717) is 11.5 Å². The fraction of sp³-hybridized carbons (Fsp3) is 0.571. The van der Waals surface area contributed by atoms with E-state index in [9.17, 15) is 9.59 Å². The van der Waals surface area contributed by atoms with Crippen LogP contribution in [0.1, 0.15) is 43.0 Å². The first-order valence-electron chi connectivity index (χ1n) is 6.76. The molecule has 104 valence electrons. The number of rotatable bonds is 4. The van der Waals surface area contributed by atoms with Crippen LogP contribution in [0, 0.1) is 5.92 Å². The minimum Gasteiger partial charge on any atom is -0.472 e. The smallest absolute Gasteiger partial charge is 0.254 e. The Morgan fingerprint density at radius 1 is 1.37 bits per heavy atom. The highest BCUT2D eigenvalue weighted by Crippen LogP contribution is 2.23. The molecule has 5 heteroatoms. The molecule has 1 heterocycles. The molecule has 0 radical (unpaired) electrons. The number of carbonyl (C=O) groups is 2. The zero-order valence-corrected chi connectivity index (χ0v) is 11.1. The molecular formula is C14H20N2O3. The van der Waals surface area contributed by atoms with Crippen LogP contribution in [0.5, 0.6) is 0 Å². The van der Waals surface area contributed by atoms with Gasteiger partial charge in [0.05, 0.1) is 18.4 Å². The molecule has 1 aromatic heterocycles. The Bertz CT molecular complexity index is 428. The molecule has 19 heavy (non-hydrogen) atoms. The lowest BCUT2D eigenvalue weighted by Gasteiger charge is -2.29. The van der Waals surface area contributed by atoms with Crippen LogP contribution in [0.3, 0.4) is 0 Å². The summed E-state index contributed by atoms with van der Waals surface area (Å²) in [6.07, 6.45) is 7.38. The summed E-state index contributed by atoms with van der Waals surface area (Å²) in [7, 11) is 0. The SMILES string of the molecule is C[C@H]1CCCC[C@@H]1NC(=O)CNC(=O)c1ccoc1. The van der Waals surface area contributed by atoms with Crippen molar-refractivity contribution in [2.75, 3.05) is 6.54 Å². The molecule has 0 saturated heterocycles. The Labute approximate surface area is 112 Å². The fourth-order valence-electron chi connectivity index (χ4n) is 2.44. The molecule has 0 aliphatic heterocycles. The van der Waals surface area contributed by atoms with Crippen LogP contribution in [0.25, 0.3) is 0 Å². The number of hydrogen-bond acceptors (Lipinski definition) is 3. The van der Waals surface area contributed by atoms with Crippen molar-refractivity contribution in [2.24, 2.45) is 5.92 Å². The van der Waals surface area contributed by atoms with Crippen LogP contribution in [0.4, 0.5) is 0 Å². The van der Waals surface area contributed by atoms with Crippen molar-refractivity contribution in [3.05, 3.63) is 24.2 Å². The molecule has 1 aliphatic carbocycles. The van der Waals surface area contributed by atoms with E-state index in [1.807, 2.05) is 0 Å². The lowest BCUT2D eigenvalue weighted by Crippen LogP contribution is -2.45. The summed E-state index contributed by atoms with van der Waals surface area (Å²) in [5, 5.41) is 5.57. The van der Waals surface area contributed by atoms with E-state index in [0.717, 1.165) is 19.3 Å². The highest BCUT2D eigenvalue weighted by atomic mass is 16.3. The molecule has 0 bridgehead atoms. The largest absolute Gasteiger partial charge is 0.472 e. The van der Waals surface area contributed by atoms with Gasteiger partial charge in [0, 0.05) is 6.04 Å². The highest BCUT2D eigenvalue weighted by molar-refractivity contribution is 5.96. The zero-order chi connectivity index (χ0) is 13.7. The third kappa shape index (κ3) is 3.84. The predicted octanol–water partition coefficient (Wildman–Crippen LogP) is 1.70. The maximum absolute atomic E-state index is 11.8. The van der Waals surface area contributed by atoms with E-state index in [1.165, 1.54) is 18.9 Å². The van der Waals surface area contributed by atoms with E-state index in [4.69, 9.17) is 4.42 Å². The molecule has 1 fully saturated rings. The number of amides is 2. The monoisotopic (exact) mass is 264 g/mol. The Morgan fingerprint density at radius 2 is 2.16 bits per heavy atom. The first-order valence-corrected chi connectivity index (χ1v) is 6.76. The van der Waals surface area contributed by atoms with Crippen LogP contribution in [0.15, 0.2) is 23.0 Å². The molecule has 1 aliphatic rings. The van der Waals surface area contributed by atoms with Gasteiger partial charge in [0.1, 0.15) is 6.26 Å². The minimum atomic E-state index is -0.291. The second-order valence-corrected chi connectivity index (χ2v) is 5.13. The van der Waals surface area contributed by atoms with Crippen LogP contribution >= 0.6 is 0 Å². The normalized spacial score (nSPS) is 22.8. The highest BCUT2D eigenvalue weighted by Gasteiger charge is 2.22. The molecule has 2 amide bonds. The summed E-state index contributed by atoms with van der Waals surface area (Å²) in [4.78, 5) is 23.4. The number of nitrogens with one attached hydrogen (secondary N) is 2. The van der Waals surface area contributed by atoms with Crippen LogP contribution < -0.4 is 10.6 Å². The van der Waals surface area contributed by atoms with Crippen LogP contribution in [0.2, 0.25) is 0 Å². The van der Waals surface area contributed by atoms with Gasteiger partial charge in [0.2, 0.25) is 5.91 Å². The summed E-state index contributed by atoms with van der Waals surface area (Å²) in [6, 6.07) is 1.81. The molecule has 5 nitrogen and oxygen atoms in total. The Kier molecular flexibility index (Phi) is 4.60. The zero-order valence-electron chi connectivity index (χ0n) is 11.1. The van der Waals surface area contributed by atoms with Crippen molar-refractivity contribution in [1.29, 1.82) is 0 Å². The summed E-state index contributed by atoms with van der Waals surface area (Å²) in [6.45, 7) is 2.17. The number of furan rings is 1. The maximum atomic E-state index is 11.8. The summed E-state index contributed by atoms with van der Waals surface area (Å²) in [5.74, 6) is 0.0958. The molecule has 2 rings (SSSR count). The van der Waals surface area contributed by atoms with Crippen LogP contribution in [-0.4, -0.2) is 24.4 Å². The van der Waals surface area contributed by atoms with Gasteiger partial charge in [0.15, 0.2) is 0 Å². The average molecular weight is 264 g/mol. The Morgan fingerprint density at radius 3 is 2.84 bits per heavy atom. The minimum absolute atomic E-state index is 0.00718. The summed E-state index contributed by atoms with van der Waals surface area (Å²) >= 11 is 0. The summed E-state index contributed by atoms with van der Waals surface area (Å²) < 4.78 is 4.82. The van der Waals surface area contributed by atoms with Gasteiger partial charge in [-0.25, -0.2) is 0 Å². The third-order valence-corrected chi connectivity index (χ3v) is 3.65. The van der Waals surface area contributed by atoms with Crippen LogP contribution in [-0.2, 0) is 4.79 Å². The first kappa shape index (κ1) is 13.6. The molecule has 1 saturated carbocycles. The van der Waals surface area contributed by atoms with Gasteiger partial charge in [-0.2, -0.15) is 0 Å². The third-order valence-electron chi connectivity index (χ3n) is 3.65. The number of hydrogen-bond donors (Lipinski definition) is 2. The molecular weight excluding hydrogens is 244 g/mol. The molecule has 2 atom stereocenters. The van der Waals surface area contributed by atoms with E-state index in [-0.39, 0.29) is 24.4 Å². The average Bonchev–Trinajstić information content (AvgIpc) is 2.93. The molecule has 2 N–H and O–H groups in total. The van der Waals surface area contributed by atoms with Gasteiger partial charge in [-0.1, -0.05) is 19.8 Å². The lowest BCUT2D eigenvalue weighted by atomic mass is 9.86. The van der Waals surface area contributed by atoms with Gasteiger partial charge in [0.25, 0.3) is 5.91 Å². The Hall–Kier alpha value is -1.78. The topological polar surface area (TPSA) is 71.3 Å². The second kappa shape index (κ2) is 6.41. The maximum Gasteiger partial charge on any atom is 0.254 e. The van der Waals surface area contributed by atoms with E-state index in [1.54, 1.807) is 6.07 Å². The number of carbonyl (C=O) groups excluding carboxylic acids is 2. The van der Waals surface area contributed by atoms with Gasteiger partial charge in [-0.3, -0.25) is 9.59 Å². The second-order valence-electron chi connectivity index (χ2n) is 5.13. The Balaban J connectivity index is 1.74. The quantitative estimate of drug-likeness (QED) is 0.869. The molecule has 1 aromatic rings. The molecule has 0 unspecified atom stereocenters. The fourth-order valence-corrected chi connectivity index (χ4v) is 2.44. The standard InChI is InChI=1S/C14H20N2O3/c1-10-4-2-3-5-12(10)16-13(17)8-15-14(18)11-6-7-19-9-11/h6-7,9-10,12H,2-5,8H2,1H3,(H,15,18)(H,16,17)/t10-,12-/m0/s1. The first-order chi connectivity index (χ1) is 9.16. The lowest BCUT2D eigenvalue weighted by molar-refractivity contribution is -0.121. The van der Waals surface area contributed by atoms with Crippen molar-refractivity contribution in [3.63, 3.8) is 0 Å². The van der Waals surface area contributed by atoms with Gasteiger partial charge in [-0.05, 0) is 24.8 Å². The van der Waals surface area contributed by atoms with Gasteiger partial charge < -0.3 is 15.1 Å². The predicted molar refractivity (Wildman–Crippen MR) is 70.6 cm³/mol. The van der Waals surface area contributed by atoms with Crippen molar-refractivity contribution >= 4 is 11.8 Å². The van der Waals surface area contributed by atoms with E-state index < -0.39 is 0 Å². The van der Waals surface area contributed by atoms with Gasteiger partial charge >= 0.3 is 0 Å². The van der Waals surface area contributed by atoms with Crippen molar-refractivity contribution in [1.82, 2.24) is 10.6 Å². The van der Waals surface area contributed by atoms with Gasteiger partial charge in [-0.15, -0.1) is 0 Å². The van der Waals surface area contributed by atoms with E-state index >= 15 is 0 Å². The van der Waals surface area contributed by atoms with Crippen molar-refractivity contribution in [3.8, 4) is 0 Å². The summed E-state index contributed by atoms with van der Waals surface area (Å²) in [5.41, 5.74) is 0.429. The van der Waals surface area contributed by atoms with Crippen molar-refractivity contribution < 1.29 is 14.0 Å². The van der Waals surface area contributed by atoms with E-state index in [2.05, 4.69) is 17.6 Å².